The maximum atomic E-state index is 12.7. The van der Waals surface area contributed by atoms with E-state index in [0.717, 1.165) is 0 Å². The van der Waals surface area contributed by atoms with Gasteiger partial charge in [-0.05, 0) is 12.1 Å². The van der Waals surface area contributed by atoms with Gasteiger partial charge in [0, 0.05) is 37.1 Å². The summed E-state index contributed by atoms with van der Waals surface area (Å²) in [7, 11) is 0. The molecule has 1 aliphatic rings. The van der Waals surface area contributed by atoms with Crippen LogP contribution in [0.3, 0.4) is 0 Å². The monoisotopic (exact) mass is 366 g/mol. The van der Waals surface area contributed by atoms with Crippen LogP contribution in [0.2, 0.25) is 0 Å². The maximum Gasteiger partial charge on any atom is 0.254 e. The van der Waals surface area contributed by atoms with Gasteiger partial charge in [0.05, 0.1) is 24.4 Å². The van der Waals surface area contributed by atoms with Gasteiger partial charge in [0.1, 0.15) is 12.4 Å². The predicted molar refractivity (Wildman–Crippen MR) is 93.5 cm³/mol. The lowest BCUT2D eigenvalue weighted by atomic mass is 10.1. The van der Waals surface area contributed by atoms with Crippen molar-refractivity contribution in [1.82, 2.24) is 30.0 Å². The van der Waals surface area contributed by atoms with Crippen molar-refractivity contribution in [2.24, 2.45) is 0 Å². The Balaban J connectivity index is 1.59. The summed E-state index contributed by atoms with van der Waals surface area (Å²) in [6, 6.07) is 3.41. The van der Waals surface area contributed by atoms with Crippen LogP contribution in [0.1, 0.15) is 35.0 Å². The van der Waals surface area contributed by atoms with Crippen LogP contribution < -0.4 is 0 Å². The van der Waals surface area contributed by atoms with Crippen molar-refractivity contribution in [2.75, 3.05) is 19.7 Å². The summed E-state index contributed by atoms with van der Waals surface area (Å²) in [6.45, 7) is 3.24. The molecule has 3 aromatic heterocycles. The number of hydrogen-bond donors (Lipinski definition) is 0. The molecule has 1 saturated heterocycles. The van der Waals surface area contributed by atoms with Crippen molar-refractivity contribution < 1.29 is 14.1 Å². The van der Waals surface area contributed by atoms with Gasteiger partial charge < -0.3 is 14.2 Å². The number of aromatic nitrogens is 5. The number of aryl methyl sites for hydroxylation is 1. The molecule has 0 bridgehead atoms. The van der Waals surface area contributed by atoms with Crippen molar-refractivity contribution in [1.29, 1.82) is 0 Å². The van der Waals surface area contributed by atoms with Crippen molar-refractivity contribution in [3.05, 3.63) is 54.2 Å². The zero-order chi connectivity index (χ0) is 18.6. The smallest absolute Gasteiger partial charge is 0.254 e. The SMILES string of the molecule is CCc1nc(-c2cncnc2C2CN(C(=O)c3ccncc3)CCO2)no1. The normalized spacial score (nSPS) is 17.1. The van der Waals surface area contributed by atoms with E-state index in [9.17, 15) is 4.79 Å². The first-order valence-electron chi connectivity index (χ1n) is 8.70. The molecular weight excluding hydrogens is 348 g/mol. The van der Waals surface area contributed by atoms with Gasteiger partial charge in [-0.1, -0.05) is 12.1 Å². The second-order valence-electron chi connectivity index (χ2n) is 6.03. The van der Waals surface area contributed by atoms with Gasteiger partial charge in [0.15, 0.2) is 0 Å². The molecule has 0 aliphatic carbocycles. The van der Waals surface area contributed by atoms with Gasteiger partial charge in [-0.2, -0.15) is 4.98 Å². The highest BCUT2D eigenvalue weighted by molar-refractivity contribution is 5.94. The van der Waals surface area contributed by atoms with Crippen LogP contribution in [-0.4, -0.2) is 55.6 Å². The largest absolute Gasteiger partial charge is 0.368 e. The van der Waals surface area contributed by atoms with Gasteiger partial charge in [0.25, 0.3) is 5.91 Å². The van der Waals surface area contributed by atoms with E-state index in [2.05, 4.69) is 25.1 Å². The van der Waals surface area contributed by atoms with Gasteiger partial charge in [-0.15, -0.1) is 0 Å². The summed E-state index contributed by atoms with van der Waals surface area (Å²) in [6.07, 6.45) is 6.55. The van der Waals surface area contributed by atoms with Crippen molar-refractivity contribution >= 4 is 5.91 Å². The third-order valence-electron chi connectivity index (χ3n) is 4.34. The Morgan fingerprint density at radius 2 is 2.15 bits per heavy atom. The van der Waals surface area contributed by atoms with Crippen LogP contribution in [-0.2, 0) is 11.2 Å². The molecule has 138 valence electrons. The molecule has 9 heteroatoms. The maximum absolute atomic E-state index is 12.7. The van der Waals surface area contributed by atoms with Gasteiger partial charge in [-0.3, -0.25) is 9.78 Å². The first-order valence-corrected chi connectivity index (χ1v) is 8.70. The Hall–Kier alpha value is -3.20. The van der Waals surface area contributed by atoms with Crippen LogP contribution in [0.4, 0.5) is 0 Å². The quantitative estimate of drug-likeness (QED) is 0.687. The highest BCUT2D eigenvalue weighted by Gasteiger charge is 2.29. The molecule has 0 spiro atoms. The second kappa shape index (κ2) is 7.58. The molecule has 0 aromatic carbocycles. The molecule has 1 atom stereocenters. The number of morpholine rings is 1. The fourth-order valence-corrected chi connectivity index (χ4v) is 2.95. The molecule has 1 unspecified atom stereocenters. The molecule has 9 nitrogen and oxygen atoms in total. The fourth-order valence-electron chi connectivity index (χ4n) is 2.95. The van der Waals surface area contributed by atoms with Crippen LogP contribution in [0.5, 0.6) is 0 Å². The van der Waals surface area contributed by atoms with E-state index in [4.69, 9.17) is 9.26 Å². The Morgan fingerprint density at radius 3 is 2.93 bits per heavy atom. The molecule has 1 fully saturated rings. The molecule has 3 aromatic rings. The highest BCUT2D eigenvalue weighted by Crippen LogP contribution is 2.29. The summed E-state index contributed by atoms with van der Waals surface area (Å²) in [4.78, 5) is 31.3. The van der Waals surface area contributed by atoms with E-state index in [-0.39, 0.29) is 5.91 Å². The van der Waals surface area contributed by atoms with Crippen LogP contribution in [0, 0.1) is 0 Å². The number of nitrogens with zero attached hydrogens (tertiary/aromatic N) is 6. The molecular formula is C18H18N6O3. The van der Waals surface area contributed by atoms with E-state index in [1.54, 1.807) is 35.6 Å². The fraction of sp³-hybridized carbons (Fsp3) is 0.333. The lowest BCUT2D eigenvalue weighted by Crippen LogP contribution is -2.42. The lowest BCUT2D eigenvalue weighted by Gasteiger charge is -2.33. The Morgan fingerprint density at radius 1 is 1.30 bits per heavy atom. The topological polar surface area (TPSA) is 107 Å². The van der Waals surface area contributed by atoms with Gasteiger partial charge in [0.2, 0.25) is 11.7 Å². The Kier molecular flexibility index (Phi) is 4.84. The summed E-state index contributed by atoms with van der Waals surface area (Å²) in [5.41, 5.74) is 1.88. The number of ether oxygens (including phenoxy) is 1. The summed E-state index contributed by atoms with van der Waals surface area (Å²) < 4.78 is 11.1. The number of carbonyl (C=O) groups is 1. The van der Waals surface area contributed by atoms with E-state index < -0.39 is 6.10 Å². The molecule has 0 radical (unpaired) electrons. The Labute approximate surface area is 155 Å². The molecule has 27 heavy (non-hydrogen) atoms. The van der Waals surface area contributed by atoms with Gasteiger partial charge in [-0.25, -0.2) is 9.97 Å². The first kappa shape index (κ1) is 17.2. The predicted octanol–water partition coefficient (Wildman–Crippen LogP) is 1.70. The minimum Gasteiger partial charge on any atom is -0.368 e. The summed E-state index contributed by atoms with van der Waals surface area (Å²) >= 11 is 0. The average Bonchev–Trinajstić information content (AvgIpc) is 3.23. The second-order valence-corrected chi connectivity index (χ2v) is 6.03. The van der Waals surface area contributed by atoms with Crippen LogP contribution >= 0.6 is 0 Å². The van der Waals surface area contributed by atoms with Crippen molar-refractivity contribution in [2.45, 2.75) is 19.4 Å². The molecule has 1 amide bonds. The molecule has 4 rings (SSSR count). The average molecular weight is 366 g/mol. The number of rotatable bonds is 4. The third-order valence-corrected chi connectivity index (χ3v) is 4.34. The van der Waals surface area contributed by atoms with Crippen molar-refractivity contribution in [3.63, 3.8) is 0 Å². The third kappa shape index (κ3) is 3.54. The standard InChI is InChI=1S/C18H18N6O3/c1-2-15-22-17(23-27-15)13-9-20-11-21-16(13)14-10-24(7-8-26-14)18(25)12-3-5-19-6-4-12/h3-6,9,11,14H,2,7-8,10H2,1H3. The zero-order valence-electron chi connectivity index (χ0n) is 14.8. The molecule has 4 heterocycles. The molecule has 0 N–H and O–H groups in total. The summed E-state index contributed by atoms with van der Waals surface area (Å²) in [5.74, 6) is 0.900. The van der Waals surface area contributed by atoms with Crippen LogP contribution in [0.15, 0.2) is 41.6 Å². The Bertz CT molecular complexity index is 930. The van der Waals surface area contributed by atoms with E-state index in [0.29, 0.717) is 54.7 Å². The number of amides is 1. The van der Waals surface area contributed by atoms with Gasteiger partial charge >= 0.3 is 0 Å². The number of pyridine rings is 1. The minimum absolute atomic E-state index is 0.0610. The summed E-state index contributed by atoms with van der Waals surface area (Å²) in [5, 5.41) is 4.01. The lowest BCUT2D eigenvalue weighted by molar-refractivity contribution is -0.0245. The van der Waals surface area contributed by atoms with Crippen molar-refractivity contribution in [3.8, 4) is 11.4 Å². The zero-order valence-corrected chi connectivity index (χ0v) is 14.8. The van der Waals surface area contributed by atoms with E-state index in [1.807, 2.05) is 6.92 Å². The highest BCUT2D eigenvalue weighted by atomic mass is 16.5. The molecule has 1 aliphatic heterocycles. The molecule has 0 saturated carbocycles. The number of carbonyl (C=O) groups excluding carboxylic acids is 1. The van der Waals surface area contributed by atoms with E-state index in [1.165, 1.54) is 6.33 Å². The van der Waals surface area contributed by atoms with E-state index >= 15 is 0 Å². The minimum atomic E-state index is -0.397. The number of hydrogen-bond acceptors (Lipinski definition) is 8. The first-order chi connectivity index (χ1) is 13.3. The van der Waals surface area contributed by atoms with Crippen LogP contribution in [0.25, 0.3) is 11.4 Å².